The van der Waals surface area contributed by atoms with E-state index in [4.69, 9.17) is 17.0 Å². The molecule has 0 radical (unpaired) electrons. The number of ether oxygens (including phenoxy) is 1. The molecule has 7 nitrogen and oxygen atoms in total. The van der Waals surface area contributed by atoms with Gasteiger partial charge in [0.25, 0.3) is 5.91 Å². The lowest BCUT2D eigenvalue weighted by atomic mass is 9.92. The minimum Gasteiger partial charge on any atom is -0.497 e. The summed E-state index contributed by atoms with van der Waals surface area (Å²) in [6, 6.07) is 14.0. The molecule has 1 heterocycles. The van der Waals surface area contributed by atoms with Crippen LogP contribution in [0.1, 0.15) is 18.1 Å². The van der Waals surface area contributed by atoms with Crippen molar-refractivity contribution < 1.29 is 14.3 Å². The standard InChI is InChI=1S/C19H20N4O3S/c1-12-5-4-6-14(11-12)20-17(27)22-23-16(24)19(2,21-18(23)25)13-7-9-15(26-3)10-8-13/h4-11H,1-3H3,(H,21,25)(H2,20,22,27)/t19-/m0/s1. The molecule has 0 aromatic heterocycles. The predicted molar refractivity (Wildman–Crippen MR) is 106 cm³/mol. The number of nitrogens with one attached hydrogen (secondary N) is 3. The molecule has 1 aliphatic rings. The van der Waals surface area contributed by atoms with Crippen molar-refractivity contribution in [3.05, 3.63) is 59.7 Å². The number of hydrogen-bond donors (Lipinski definition) is 3. The number of urea groups is 1. The molecule has 2 aromatic rings. The maximum Gasteiger partial charge on any atom is 0.344 e. The molecule has 1 fully saturated rings. The molecule has 3 rings (SSSR count). The number of benzene rings is 2. The number of amides is 3. The van der Waals surface area contributed by atoms with Gasteiger partial charge in [0.05, 0.1) is 7.11 Å². The average molecular weight is 384 g/mol. The lowest BCUT2D eigenvalue weighted by molar-refractivity contribution is -0.132. The maximum atomic E-state index is 12.9. The molecule has 0 spiro atoms. The minimum absolute atomic E-state index is 0.142. The number of nitrogens with zero attached hydrogens (tertiary/aromatic N) is 1. The van der Waals surface area contributed by atoms with Crippen LogP contribution >= 0.6 is 12.2 Å². The Morgan fingerprint density at radius 1 is 1.19 bits per heavy atom. The first-order chi connectivity index (χ1) is 12.8. The molecule has 8 heteroatoms. The van der Waals surface area contributed by atoms with Crippen molar-refractivity contribution in [1.82, 2.24) is 15.8 Å². The Hall–Kier alpha value is -3.13. The van der Waals surface area contributed by atoms with Crippen molar-refractivity contribution in [2.45, 2.75) is 19.4 Å². The third kappa shape index (κ3) is 3.70. The summed E-state index contributed by atoms with van der Waals surface area (Å²) in [5.41, 5.74) is 3.93. The Balaban J connectivity index is 1.74. The van der Waals surface area contributed by atoms with Gasteiger partial charge in [-0.1, -0.05) is 24.3 Å². The van der Waals surface area contributed by atoms with Crippen LogP contribution in [0.15, 0.2) is 48.5 Å². The van der Waals surface area contributed by atoms with Gasteiger partial charge in [-0.15, -0.1) is 0 Å². The summed E-state index contributed by atoms with van der Waals surface area (Å²) in [4.78, 5) is 25.3. The van der Waals surface area contributed by atoms with Crippen molar-refractivity contribution >= 4 is 35.0 Å². The fourth-order valence-electron chi connectivity index (χ4n) is 2.84. The number of carbonyl (C=O) groups excluding carboxylic acids is 2. The number of anilines is 1. The summed E-state index contributed by atoms with van der Waals surface area (Å²) in [6.07, 6.45) is 0. The van der Waals surface area contributed by atoms with Gasteiger partial charge in [0.15, 0.2) is 5.11 Å². The predicted octanol–water partition coefficient (Wildman–Crippen LogP) is 2.67. The molecular formula is C19H20N4O3S. The largest absolute Gasteiger partial charge is 0.497 e. The second-order valence-corrected chi connectivity index (χ2v) is 6.77. The van der Waals surface area contributed by atoms with E-state index in [2.05, 4.69) is 16.1 Å². The molecule has 0 saturated carbocycles. The lowest BCUT2D eigenvalue weighted by Crippen LogP contribution is -2.49. The molecular weight excluding hydrogens is 364 g/mol. The Morgan fingerprint density at radius 2 is 1.89 bits per heavy atom. The first-order valence-electron chi connectivity index (χ1n) is 8.29. The van der Waals surface area contributed by atoms with Crippen LogP contribution in [0, 0.1) is 6.92 Å². The zero-order chi connectivity index (χ0) is 19.6. The van der Waals surface area contributed by atoms with Crippen LogP contribution in [0.2, 0.25) is 0 Å². The van der Waals surface area contributed by atoms with Crippen molar-refractivity contribution in [2.24, 2.45) is 0 Å². The van der Waals surface area contributed by atoms with Crippen molar-refractivity contribution in [1.29, 1.82) is 0 Å². The topological polar surface area (TPSA) is 82.7 Å². The fourth-order valence-corrected chi connectivity index (χ4v) is 3.05. The van der Waals surface area contributed by atoms with Crippen LogP contribution in [0.25, 0.3) is 0 Å². The molecule has 3 amide bonds. The number of imide groups is 1. The Kier molecular flexibility index (Phi) is 5.00. The van der Waals surface area contributed by atoms with Crippen molar-refractivity contribution in [3.8, 4) is 5.75 Å². The first kappa shape index (κ1) is 18.7. The van der Waals surface area contributed by atoms with E-state index in [0.29, 0.717) is 11.3 Å². The summed E-state index contributed by atoms with van der Waals surface area (Å²) in [6.45, 7) is 3.60. The van der Waals surface area contributed by atoms with Gasteiger partial charge in [0.1, 0.15) is 11.3 Å². The molecule has 0 aliphatic carbocycles. The van der Waals surface area contributed by atoms with Crippen LogP contribution in [0.5, 0.6) is 5.75 Å². The zero-order valence-corrected chi connectivity index (χ0v) is 16.0. The van der Waals surface area contributed by atoms with Gasteiger partial charge < -0.3 is 15.4 Å². The van der Waals surface area contributed by atoms with Gasteiger partial charge in [-0.05, 0) is 61.5 Å². The van der Waals surface area contributed by atoms with E-state index >= 15 is 0 Å². The number of thiocarbonyl (C=S) groups is 1. The van der Waals surface area contributed by atoms with E-state index in [-0.39, 0.29) is 5.11 Å². The fraction of sp³-hybridized carbons (Fsp3) is 0.211. The molecule has 0 bridgehead atoms. The highest BCUT2D eigenvalue weighted by atomic mass is 32.1. The Morgan fingerprint density at radius 3 is 2.52 bits per heavy atom. The van der Waals surface area contributed by atoms with Crippen LogP contribution in [0.3, 0.4) is 0 Å². The zero-order valence-electron chi connectivity index (χ0n) is 15.2. The van der Waals surface area contributed by atoms with Crippen LogP contribution in [-0.2, 0) is 10.3 Å². The number of methoxy groups -OCH3 is 1. The van der Waals surface area contributed by atoms with Gasteiger partial charge in [-0.25, -0.2) is 4.79 Å². The molecule has 1 atom stereocenters. The van der Waals surface area contributed by atoms with Gasteiger partial charge in [0.2, 0.25) is 0 Å². The second kappa shape index (κ2) is 7.24. The molecule has 1 aliphatic heterocycles. The summed E-state index contributed by atoms with van der Waals surface area (Å²) >= 11 is 5.23. The van der Waals surface area contributed by atoms with Gasteiger partial charge in [-0.3, -0.25) is 10.2 Å². The van der Waals surface area contributed by atoms with Gasteiger partial charge in [-0.2, -0.15) is 5.01 Å². The van der Waals surface area contributed by atoms with E-state index in [9.17, 15) is 9.59 Å². The summed E-state index contributed by atoms with van der Waals surface area (Å²) in [5, 5.41) is 6.70. The second-order valence-electron chi connectivity index (χ2n) is 6.36. The summed E-state index contributed by atoms with van der Waals surface area (Å²) in [5.74, 6) is 0.212. The van der Waals surface area contributed by atoms with Gasteiger partial charge in [0, 0.05) is 5.69 Å². The van der Waals surface area contributed by atoms with Crippen LogP contribution in [0.4, 0.5) is 10.5 Å². The third-order valence-electron chi connectivity index (χ3n) is 4.35. The maximum absolute atomic E-state index is 12.9. The summed E-state index contributed by atoms with van der Waals surface area (Å²) in [7, 11) is 1.56. The first-order valence-corrected chi connectivity index (χ1v) is 8.70. The number of hydrazine groups is 1. The van der Waals surface area contributed by atoms with E-state index in [1.807, 2.05) is 31.2 Å². The van der Waals surface area contributed by atoms with Crippen LogP contribution < -0.4 is 20.8 Å². The summed E-state index contributed by atoms with van der Waals surface area (Å²) < 4.78 is 5.13. The lowest BCUT2D eigenvalue weighted by Gasteiger charge is -2.23. The molecule has 1 saturated heterocycles. The van der Waals surface area contributed by atoms with E-state index in [1.165, 1.54) is 0 Å². The molecule has 0 unspecified atom stereocenters. The normalized spacial score (nSPS) is 18.9. The highest BCUT2D eigenvalue weighted by Crippen LogP contribution is 2.29. The van der Waals surface area contributed by atoms with E-state index < -0.39 is 17.5 Å². The number of rotatable bonds is 4. The van der Waals surface area contributed by atoms with Crippen molar-refractivity contribution in [2.75, 3.05) is 12.4 Å². The third-order valence-corrected chi connectivity index (χ3v) is 4.54. The molecule has 2 aromatic carbocycles. The molecule has 140 valence electrons. The van der Waals surface area contributed by atoms with E-state index in [1.54, 1.807) is 38.3 Å². The quantitative estimate of drug-likeness (QED) is 0.555. The smallest absolute Gasteiger partial charge is 0.344 e. The van der Waals surface area contributed by atoms with Gasteiger partial charge >= 0.3 is 6.03 Å². The average Bonchev–Trinajstić information content (AvgIpc) is 2.86. The number of carbonyl (C=O) groups is 2. The van der Waals surface area contributed by atoms with Crippen molar-refractivity contribution in [3.63, 3.8) is 0 Å². The van der Waals surface area contributed by atoms with Crippen LogP contribution in [-0.4, -0.2) is 29.2 Å². The molecule has 27 heavy (non-hydrogen) atoms. The highest BCUT2D eigenvalue weighted by molar-refractivity contribution is 7.80. The SMILES string of the molecule is COc1ccc([C@]2(C)NC(=O)N(NC(=S)Nc3cccc(C)c3)C2=O)cc1. The molecule has 3 N–H and O–H groups in total. The Bertz CT molecular complexity index is 900. The number of aryl methyl sites for hydroxylation is 1. The van der Waals surface area contributed by atoms with E-state index in [0.717, 1.165) is 16.3 Å². The highest BCUT2D eigenvalue weighted by Gasteiger charge is 2.49. The monoisotopic (exact) mass is 384 g/mol. The Labute approximate surface area is 162 Å². The minimum atomic E-state index is -1.20. The number of hydrogen-bond acceptors (Lipinski definition) is 4.